The molecule has 0 radical (unpaired) electrons. The zero-order valence-electron chi connectivity index (χ0n) is 14.9. The average Bonchev–Trinajstić information content (AvgIpc) is 3.10. The number of carbonyl (C=O) groups excluding carboxylic acids is 2. The lowest BCUT2D eigenvalue weighted by atomic mass is 10.0. The van der Waals surface area contributed by atoms with Crippen LogP contribution in [0.1, 0.15) is 46.0 Å². The van der Waals surface area contributed by atoms with Crippen LogP contribution in [-0.2, 0) is 4.74 Å². The van der Waals surface area contributed by atoms with Crippen LogP contribution in [0.4, 0.5) is 5.13 Å². The average molecular weight is 383 g/mol. The van der Waals surface area contributed by atoms with Crippen molar-refractivity contribution in [2.75, 3.05) is 25.6 Å². The van der Waals surface area contributed by atoms with Crippen LogP contribution >= 0.6 is 23.1 Å². The van der Waals surface area contributed by atoms with Gasteiger partial charge in [-0.2, -0.15) is 0 Å². The number of aromatic nitrogens is 3. The highest BCUT2D eigenvalue weighted by Gasteiger charge is 2.25. The van der Waals surface area contributed by atoms with Crippen molar-refractivity contribution >= 4 is 39.8 Å². The minimum Gasteiger partial charge on any atom is -0.383 e. The zero-order valence-corrected chi connectivity index (χ0v) is 16.6. The number of carbonyl (C=O) groups is 2. The van der Waals surface area contributed by atoms with Crippen molar-refractivity contribution in [3.05, 3.63) is 22.5 Å². The third kappa shape index (κ3) is 4.68. The molecule has 2 heterocycles. The van der Waals surface area contributed by atoms with Gasteiger partial charge in [0, 0.05) is 24.9 Å². The second-order valence-electron chi connectivity index (χ2n) is 5.60. The molecule has 7 nitrogen and oxygen atoms in total. The Bertz CT molecular complexity index is 770. The summed E-state index contributed by atoms with van der Waals surface area (Å²) in [5.41, 5.74) is 2.53. The van der Waals surface area contributed by atoms with Crippen molar-refractivity contribution in [1.29, 1.82) is 0 Å². The summed E-state index contributed by atoms with van der Waals surface area (Å²) >= 11 is 2.76. The van der Waals surface area contributed by atoms with Crippen LogP contribution < -0.4 is 5.32 Å². The number of ether oxygens (including phenoxy) is 1. The SMILES string of the molecule is COCCNc1nnc(SC(C)C(=O)c2[nH]c(C)c(C(C)=O)c2C)s1. The summed E-state index contributed by atoms with van der Waals surface area (Å²) in [6.45, 7) is 8.18. The molecule has 9 heteroatoms. The molecule has 1 atom stereocenters. The third-order valence-corrected chi connectivity index (χ3v) is 5.74. The van der Waals surface area contributed by atoms with E-state index in [4.69, 9.17) is 4.74 Å². The van der Waals surface area contributed by atoms with Gasteiger partial charge in [-0.05, 0) is 33.3 Å². The Labute approximate surface area is 155 Å². The Hall–Kier alpha value is -1.71. The molecule has 0 aliphatic carbocycles. The van der Waals surface area contributed by atoms with Crippen molar-refractivity contribution in [1.82, 2.24) is 15.2 Å². The van der Waals surface area contributed by atoms with Crippen molar-refractivity contribution in [3.63, 3.8) is 0 Å². The van der Waals surface area contributed by atoms with Gasteiger partial charge in [-0.25, -0.2) is 0 Å². The second kappa shape index (κ2) is 8.59. The number of hydrogen-bond donors (Lipinski definition) is 2. The van der Waals surface area contributed by atoms with Gasteiger partial charge in [0.05, 0.1) is 17.6 Å². The van der Waals surface area contributed by atoms with Gasteiger partial charge in [-0.1, -0.05) is 23.1 Å². The molecule has 25 heavy (non-hydrogen) atoms. The molecule has 2 N–H and O–H groups in total. The molecule has 0 aliphatic heterocycles. The van der Waals surface area contributed by atoms with Gasteiger partial charge in [0.25, 0.3) is 0 Å². The fourth-order valence-electron chi connectivity index (χ4n) is 2.52. The summed E-state index contributed by atoms with van der Waals surface area (Å²) in [6, 6.07) is 0. The van der Waals surface area contributed by atoms with Crippen LogP contribution in [-0.4, -0.2) is 52.3 Å². The van der Waals surface area contributed by atoms with Crippen LogP contribution in [0.3, 0.4) is 0 Å². The number of H-pyrrole nitrogens is 1. The summed E-state index contributed by atoms with van der Waals surface area (Å²) in [4.78, 5) is 27.5. The lowest BCUT2D eigenvalue weighted by Crippen LogP contribution is -2.15. The number of thioether (sulfide) groups is 1. The number of nitrogens with one attached hydrogen (secondary N) is 2. The maximum Gasteiger partial charge on any atom is 0.206 e. The van der Waals surface area contributed by atoms with Gasteiger partial charge < -0.3 is 15.0 Å². The molecule has 0 fully saturated rings. The van der Waals surface area contributed by atoms with E-state index in [2.05, 4.69) is 20.5 Å². The number of nitrogens with zero attached hydrogens (tertiary/aromatic N) is 2. The first-order chi connectivity index (χ1) is 11.8. The van der Waals surface area contributed by atoms with Crippen molar-refractivity contribution in [3.8, 4) is 0 Å². The van der Waals surface area contributed by atoms with E-state index in [0.717, 1.165) is 5.69 Å². The quantitative estimate of drug-likeness (QED) is 0.391. The minimum absolute atomic E-state index is 0.0403. The number of anilines is 1. The zero-order chi connectivity index (χ0) is 18.6. The number of Topliss-reactive ketones (excluding diaryl/α,β-unsaturated/α-hetero) is 2. The monoisotopic (exact) mass is 382 g/mol. The van der Waals surface area contributed by atoms with Gasteiger partial charge >= 0.3 is 0 Å². The standard InChI is InChI=1S/C16H22N4O3S2/c1-8-12(10(3)21)9(2)18-13(8)14(22)11(4)24-16-20-19-15(25-16)17-6-7-23-5/h11,18H,6-7H2,1-5H3,(H,17,19). The fourth-order valence-corrected chi connectivity index (χ4v) is 4.50. The van der Waals surface area contributed by atoms with Crippen LogP contribution in [0.15, 0.2) is 4.34 Å². The Morgan fingerprint density at radius 1 is 1.36 bits per heavy atom. The highest BCUT2D eigenvalue weighted by molar-refractivity contribution is 8.02. The normalized spacial score (nSPS) is 12.2. The maximum atomic E-state index is 12.7. The minimum atomic E-state index is -0.337. The predicted octanol–water partition coefficient (Wildman–Crippen LogP) is 3.11. The Morgan fingerprint density at radius 3 is 2.68 bits per heavy atom. The van der Waals surface area contributed by atoms with Gasteiger partial charge in [0.2, 0.25) is 5.13 Å². The van der Waals surface area contributed by atoms with E-state index in [1.807, 2.05) is 6.92 Å². The molecule has 2 aromatic heterocycles. The van der Waals surface area contributed by atoms with Gasteiger partial charge in [-0.3, -0.25) is 9.59 Å². The first-order valence-corrected chi connectivity index (χ1v) is 9.52. The number of hydrogen-bond acceptors (Lipinski definition) is 8. The summed E-state index contributed by atoms with van der Waals surface area (Å²) < 4.78 is 5.69. The van der Waals surface area contributed by atoms with Crippen molar-refractivity contribution < 1.29 is 14.3 Å². The van der Waals surface area contributed by atoms with Crippen molar-refractivity contribution in [2.45, 2.75) is 37.3 Å². The van der Waals surface area contributed by atoms with E-state index in [1.165, 1.54) is 30.0 Å². The van der Waals surface area contributed by atoms with E-state index in [-0.39, 0.29) is 16.8 Å². The highest BCUT2D eigenvalue weighted by Crippen LogP contribution is 2.31. The third-order valence-electron chi connectivity index (χ3n) is 3.67. The molecule has 2 aromatic rings. The smallest absolute Gasteiger partial charge is 0.206 e. The van der Waals surface area contributed by atoms with E-state index in [0.29, 0.717) is 39.4 Å². The Kier molecular flexibility index (Phi) is 6.74. The first kappa shape index (κ1) is 19.6. The first-order valence-electron chi connectivity index (χ1n) is 7.82. The van der Waals surface area contributed by atoms with E-state index in [1.54, 1.807) is 21.0 Å². The van der Waals surface area contributed by atoms with E-state index < -0.39 is 0 Å². The molecule has 0 amide bonds. The Morgan fingerprint density at radius 2 is 2.08 bits per heavy atom. The molecule has 0 aromatic carbocycles. The number of ketones is 2. The number of aryl methyl sites for hydroxylation is 1. The molecule has 1 unspecified atom stereocenters. The summed E-state index contributed by atoms with van der Waals surface area (Å²) in [5.74, 6) is -0.0938. The van der Waals surface area contributed by atoms with E-state index in [9.17, 15) is 9.59 Å². The molecule has 136 valence electrons. The van der Waals surface area contributed by atoms with Crippen molar-refractivity contribution in [2.24, 2.45) is 0 Å². The number of rotatable bonds is 9. The van der Waals surface area contributed by atoms with Gasteiger partial charge in [-0.15, -0.1) is 10.2 Å². The Balaban J connectivity index is 2.06. The molecular weight excluding hydrogens is 360 g/mol. The molecule has 0 aliphatic rings. The fraction of sp³-hybridized carbons (Fsp3) is 0.500. The highest BCUT2D eigenvalue weighted by atomic mass is 32.2. The number of methoxy groups -OCH3 is 1. The second-order valence-corrected chi connectivity index (χ2v) is 8.16. The topological polar surface area (TPSA) is 97.0 Å². The van der Waals surface area contributed by atoms with Gasteiger partial charge in [0.15, 0.2) is 15.9 Å². The summed E-state index contributed by atoms with van der Waals surface area (Å²) in [5, 5.41) is 11.6. The molecule has 2 rings (SSSR count). The molecule has 0 bridgehead atoms. The largest absolute Gasteiger partial charge is 0.383 e. The molecular formula is C16H22N4O3S2. The van der Waals surface area contributed by atoms with Crippen LogP contribution in [0.5, 0.6) is 0 Å². The molecule has 0 spiro atoms. The van der Waals surface area contributed by atoms with Crippen LogP contribution in [0.2, 0.25) is 0 Å². The van der Waals surface area contributed by atoms with Crippen LogP contribution in [0.25, 0.3) is 0 Å². The lowest BCUT2D eigenvalue weighted by Gasteiger charge is -2.07. The molecule has 0 saturated carbocycles. The maximum absolute atomic E-state index is 12.7. The van der Waals surface area contributed by atoms with Crippen LogP contribution in [0, 0.1) is 13.8 Å². The van der Waals surface area contributed by atoms with Gasteiger partial charge in [0.1, 0.15) is 0 Å². The lowest BCUT2D eigenvalue weighted by molar-refractivity contribution is 0.0988. The number of aromatic amines is 1. The predicted molar refractivity (Wildman–Crippen MR) is 100 cm³/mol. The molecule has 0 saturated heterocycles. The summed E-state index contributed by atoms with van der Waals surface area (Å²) in [7, 11) is 1.64. The van der Waals surface area contributed by atoms with E-state index >= 15 is 0 Å². The summed E-state index contributed by atoms with van der Waals surface area (Å²) in [6.07, 6.45) is 0.